The molecule has 0 saturated carbocycles. The maximum absolute atomic E-state index is 12.4. The molecular formula is C19H18N2O7S. The van der Waals surface area contributed by atoms with Crippen molar-refractivity contribution in [2.45, 2.75) is 18.3 Å². The molecule has 1 aliphatic rings. The molecular weight excluding hydrogens is 400 g/mol. The molecule has 1 saturated heterocycles. The van der Waals surface area contributed by atoms with Crippen molar-refractivity contribution in [1.29, 1.82) is 0 Å². The van der Waals surface area contributed by atoms with Gasteiger partial charge in [0.05, 0.1) is 22.5 Å². The Morgan fingerprint density at radius 2 is 1.97 bits per heavy atom. The van der Waals surface area contributed by atoms with Gasteiger partial charge in [-0.05, 0) is 36.8 Å². The van der Waals surface area contributed by atoms with Crippen LogP contribution in [0, 0.1) is 10.1 Å². The monoisotopic (exact) mass is 418 g/mol. The number of nitrogens with one attached hydrogen (secondary N) is 1. The molecule has 0 spiro atoms. The molecule has 0 radical (unpaired) electrons. The van der Waals surface area contributed by atoms with Crippen LogP contribution in [0.15, 0.2) is 42.5 Å². The summed E-state index contributed by atoms with van der Waals surface area (Å²) in [6, 6.07) is 9.49. The molecule has 29 heavy (non-hydrogen) atoms. The lowest BCUT2D eigenvalue weighted by Crippen LogP contribution is -2.33. The molecule has 2 atom stereocenters. The molecule has 2 N–H and O–H groups in total. The lowest BCUT2D eigenvalue weighted by molar-refractivity contribution is -0.384. The van der Waals surface area contributed by atoms with Crippen LogP contribution in [0.3, 0.4) is 0 Å². The first-order valence-corrected chi connectivity index (χ1v) is 9.77. The van der Waals surface area contributed by atoms with Gasteiger partial charge in [0.1, 0.15) is 6.04 Å². The second-order valence-electron chi connectivity index (χ2n) is 6.10. The quantitative estimate of drug-likeness (QED) is 0.302. The first kappa shape index (κ1) is 20.6. The van der Waals surface area contributed by atoms with E-state index in [-0.39, 0.29) is 22.4 Å². The van der Waals surface area contributed by atoms with E-state index in [1.807, 2.05) is 0 Å². The summed E-state index contributed by atoms with van der Waals surface area (Å²) in [5.74, 6) is -0.578. The predicted octanol–water partition coefficient (Wildman–Crippen LogP) is 3.00. The van der Waals surface area contributed by atoms with Gasteiger partial charge in [-0.3, -0.25) is 20.2 Å². The lowest BCUT2D eigenvalue weighted by Gasteiger charge is -2.16. The maximum Gasteiger partial charge on any atom is 0.343 e. The van der Waals surface area contributed by atoms with Crippen LogP contribution in [0.25, 0.3) is 0 Å². The molecule has 0 aliphatic carbocycles. The molecule has 0 amide bonds. The topological polar surface area (TPSA) is 128 Å². The Bertz CT molecular complexity index is 933. The number of carboxylic acid groups (broad SMARTS) is 1. The van der Waals surface area contributed by atoms with E-state index in [1.54, 1.807) is 25.1 Å². The minimum atomic E-state index is -0.904. The van der Waals surface area contributed by atoms with Gasteiger partial charge < -0.3 is 14.6 Å². The Morgan fingerprint density at radius 1 is 1.24 bits per heavy atom. The third kappa shape index (κ3) is 4.84. The van der Waals surface area contributed by atoms with E-state index >= 15 is 0 Å². The normalized spacial score (nSPS) is 18.2. The number of thioether (sulfide) groups is 1. The number of nitrogens with zero attached hydrogens (tertiary/aromatic N) is 1. The standard InChI is InChI=1S/C19H18N2O7S/c1-2-27-16-9-12(17-20-14(10-29-17)18(22)23)5-8-15(16)28-19(24)11-3-6-13(7-4-11)21(25)26/h3-9,14,17,20H,2,10H2,1H3,(H,22,23)/t14-,17-/m0/s1. The van der Waals surface area contributed by atoms with Gasteiger partial charge in [0.2, 0.25) is 0 Å². The molecule has 152 valence electrons. The summed E-state index contributed by atoms with van der Waals surface area (Å²) >= 11 is 1.47. The first-order valence-electron chi connectivity index (χ1n) is 8.73. The Labute approximate surface area is 170 Å². The highest BCUT2D eigenvalue weighted by molar-refractivity contribution is 7.99. The van der Waals surface area contributed by atoms with Gasteiger partial charge in [0, 0.05) is 17.9 Å². The van der Waals surface area contributed by atoms with Crippen LogP contribution in [0.1, 0.15) is 28.2 Å². The average molecular weight is 418 g/mol. The molecule has 0 aromatic heterocycles. The smallest absolute Gasteiger partial charge is 0.343 e. The second-order valence-corrected chi connectivity index (χ2v) is 7.24. The van der Waals surface area contributed by atoms with Gasteiger partial charge in [0.25, 0.3) is 5.69 Å². The number of esters is 1. The second kappa shape index (κ2) is 8.93. The summed E-state index contributed by atoms with van der Waals surface area (Å²) in [5, 5.41) is 22.7. The number of non-ortho nitro benzene ring substituents is 1. The van der Waals surface area contributed by atoms with Crippen LogP contribution >= 0.6 is 11.8 Å². The molecule has 1 aliphatic heterocycles. The van der Waals surface area contributed by atoms with Gasteiger partial charge in [-0.2, -0.15) is 0 Å². The largest absolute Gasteiger partial charge is 0.490 e. The summed E-state index contributed by atoms with van der Waals surface area (Å²) in [6.45, 7) is 2.13. The molecule has 0 unspecified atom stereocenters. The number of carboxylic acids is 1. The van der Waals surface area contributed by atoms with Crippen molar-refractivity contribution in [2.75, 3.05) is 12.4 Å². The van der Waals surface area contributed by atoms with Crippen molar-refractivity contribution in [2.24, 2.45) is 0 Å². The van der Waals surface area contributed by atoms with Crippen LogP contribution in [-0.4, -0.2) is 40.4 Å². The van der Waals surface area contributed by atoms with Crippen molar-refractivity contribution >= 4 is 29.4 Å². The molecule has 1 heterocycles. The third-order valence-electron chi connectivity index (χ3n) is 4.17. The van der Waals surface area contributed by atoms with Gasteiger partial charge in [-0.1, -0.05) is 6.07 Å². The molecule has 9 nitrogen and oxygen atoms in total. The Kier molecular flexibility index (Phi) is 6.35. The number of ether oxygens (including phenoxy) is 2. The van der Waals surface area contributed by atoms with E-state index in [2.05, 4.69) is 5.32 Å². The van der Waals surface area contributed by atoms with Crippen molar-refractivity contribution in [3.8, 4) is 11.5 Å². The van der Waals surface area contributed by atoms with Crippen LogP contribution in [-0.2, 0) is 4.79 Å². The predicted molar refractivity (Wildman–Crippen MR) is 105 cm³/mol. The van der Waals surface area contributed by atoms with Crippen LogP contribution < -0.4 is 14.8 Å². The number of hydrogen-bond donors (Lipinski definition) is 2. The molecule has 10 heteroatoms. The number of nitro benzene ring substituents is 1. The Balaban J connectivity index is 1.77. The number of aliphatic carboxylic acids is 1. The van der Waals surface area contributed by atoms with Gasteiger partial charge in [0.15, 0.2) is 11.5 Å². The minimum absolute atomic E-state index is 0.123. The Hall–Kier alpha value is -3.11. The zero-order valence-corrected chi connectivity index (χ0v) is 16.2. The number of nitro groups is 1. The summed E-state index contributed by atoms with van der Waals surface area (Å²) in [5.41, 5.74) is 0.846. The van der Waals surface area contributed by atoms with Crippen molar-refractivity contribution in [3.63, 3.8) is 0 Å². The highest BCUT2D eigenvalue weighted by atomic mass is 32.2. The first-order chi connectivity index (χ1) is 13.9. The van der Waals surface area contributed by atoms with Gasteiger partial charge >= 0.3 is 11.9 Å². The number of hydrogen-bond acceptors (Lipinski definition) is 8. The Morgan fingerprint density at radius 3 is 2.55 bits per heavy atom. The summed E-state index contributed by atoms with van der Waals surface area (Å²) < 4.78 is 11.0. The molecule has 0 bridgehead atoms. The van der Waals surface area contributed by atoms with E-state index in [4.69, 9.17) is 14.6 Å². The SMILES string of the molecule is CCOc1cc([C@H]2N[C@H](C(=O)O)CS2)ccc1OC(=O)c1ccc([N+](=O)[O-])cc1. The lowest BCUT2D eigenvalue weighted by atomic mass is 10.1. The van der Waals surface area contributed by atoms with E-state index in [0.29, 0.717) is 18.1 Å². The fourth-order valence-corrected chi connectivity index (χ4v) is 3.95. The van der Waals surface area contributed by atoms with E-state index in [9.17, 15) is 19.7 Å². The summed E-state index contributed by atoms with van der Waals surface area (Å²) in [6.07, 6.45) is 0. The summed E-state index contributed by atoms with van der Waals surface area (Å²) in [4.78, 5) is 33.7. The number of carbonyl (C=O) groups excluding carboxylic acids is 1. The molecule has 1 fully saturated rings. The molecule has 2 aromatic carbocycles. The van der Waals surface area contributed by atoms with Crippen molar-refractivity contribution in [1.82, 2.24) is 5.32 Å². The van der Waals surface area contributed by atoms with Crippen LogP contribution in [0.4, 0.5) is 5.69 Å². The highest BCUT2D eigenvalue weighted by Gasteiger charge is 2.31. The third-order valence-corrected chi connectivity index (χ3v) is 5.43. The van der Waals surface area contributed by atoms with E-state index in [1.165, 1.54) is 36.0 Å². The fraction of sp³-hybridized carbons (Fsp3) is 0.263. The van der Waals surface area contributed by atoms with Gasteiger partial charge in [-0.15, -0.1) is 11.8 Å². The van der Waals surface area contributed by atoms with Crippen LogP contribution in [0.5, 0.6) is 11.5 Å². The van der Waals surface area contributed by atoms with Crippen molar-refractivity contribution < 1.29 is 29.1 Å². The van der Waals surface area contributed by atoms with E-state index < -0.39 is 22.9 Å². The molecule has 3 rings (SSSR count). The number of rotatable bonds is 7. The van der Waals surface area contributed by atoms with Crippen LogP contribution in [0.2, 0.25) is 0 Å². The summed E-state index contributed by atoms with van der Waals surface area (Å²) in [7, 11) is 0. The number of carbonyl (C=O) groups is 2. The minimum Gasteiger partial charge on any atom is -0.490 e. The zero-order chi connectivity index (χ0) is 21.0. The maximum atomic E-state index is 12.4. The average Bonchev–Trinajstić information content (AvgIpc) is 3.20. The van der Waals surface area contributed by atoms with Crippen molar-refractivity contribution in [3.05, 3.63) is 63.7 Å². The highest BCUT2D eigenvalue weighted by Crippen LogP contribution is 2.38. The number of benzene rings is 2. The van der Waals surface area contributed by atoms with E-state index in [0.717, 1.165) is 5.56 Å². The zero-order valence-electron chi connectivity index (χ0n) is 15.4. The molecule has 2 aromatic rings. The van der Waals surface area contributed by atoms with Gasteiger partial charge in [-0.25, -0.2) is 4.79 Å². The fourth-order valence-electron chi connectivity index (χ4n) is 2.72.